The highest BCUT2D eigenvalue weighted by Crippen LogP contribution is 2.40. The topological polar surface area (TPSA) is 24.5 Å². The van der Waals surface area contributed by atoms with E-state index in [2.05, 4.69) is 31.0 Å². The number of hydrogen-bond donors (Lipinski definition) is 1. The van der Waals surface area contributed by atoms with E-state index in [-0.39, 0.29) is 0 Å². The third kappa shape index (κ3) is 5.22. The Labute approximate surface area is 131 Å². The second kappa shape index (κ2) is 7.94. The summed E-state index contributed by atoms with van der Waals surface area (Å²) in [7, 11) is 1.82. The maximum absolute atomic E-state index is 5.38. The van der Waals surface area contributed by atoms with Gasteiger partial charge in [0.25, 0.3) is 0 Å². The van der Waals surface area contributed by atoms with Crippen LogP contribution in [-0.2, 0) is 4.74 Å². The van der Waals surface area contributed by atoms with Crippen LogP contribution in [0.25, 0.3) is 0 Å². The van der Waals surface area contributed by atoms with Gasteiger partial charge in [0.2, 0.25) is 0 Å². The highest BCUT2D eigenvalue weighted by Gasteiger charge is 2.38. The van der Waals surface area contributed by atoms with Crippen LogP contribution < -0.4 is 5.32 Å². The molecule has 0 saturated heterocycles. The molecule has 0 aromatic carbocycles. The molecular formula is C18H36N2O. The summed E-state index contributed by atoms with van der Waals surface area (Å²) in [4.78, 5) is 2.64. The number of likely N-dealkylation sites (N-methyl/N-ethyl adjacent to an activating group) is 1. The summed E-state index contributed by atoms with van der Waals surface area (Å²) in [5, 5.41) is 3.83. The number of rotatable bonds is 9. The van der Waals surface area contributed by atoms with Crippen molar-refractivity contribution in [3.05, 3.63) is 0 Å². The Balaban J connectivity index is 1.98. The molecule has 2 rings (SSSR count). The molecule has 3 nitrogen and oxygen atoms in total. The molecule has 0 aliphatic heterocycles. The van der Waals surface area contributed by atoms with Crippen molar-refractivity contribution in [1.82, 2.24) is 10.2 Å². The van der Waals surface area contributed by atoms with Gasteiger partial charge in [-0.15, -0.1) is 0 Å². The minimum Gasteiger partial charge on any atom is -0.383 e. The lowest BCUT2D eigenvalue weighted by Crippen LogP contribution is -2.50. The molecule has 1 N–H and O–H groups in total. The molecule has 21 heavy (non-hydrogen) atoms. The van der Waals surface area contributed by atoms with E-state index in [1.54, 1.807) is 0 Å². The van der Waals surface area contributed by atoms with E-state index >= 15 is 0 Å². The van der Waals surface area contributed by atoms with E-state index in [1.807, 2.05) is 7.11 Å². The number of nitrogens with zero attached hydrogens (tertiary/aromatic N) is 1. The first-order chi connectivity index (χ1) is 10.1. The van der Waals surface area contributed by atoms with Crippen molar-refractivity contribution in [2.75, 3.05) is 33.4 Å². The molecular weight excluding hydrogens is 260 g/mol. The predicted molar refractivity (Wildman–Crippen MR) is 89.7 cm³/mol. The summed E-state index contributed by atoms with van der Waals surface area (Å²) >= 11 is 0. The van der Waals surface area contributed by atoms with Gasteiger partial charge in [0.15, 0.2) is 0 Å². The largest absolute Gasteiger partial charge is 0.383 e. The van der Waals surface area contributed by atoms with Crippen LogP contribution in [0.15, 0.2) is 0 Å². The van der Waals surface area contributed by atoms with Crippen LogP contribution in [0.4, 0.5) is 0 Å². The highest BCUT2D eigenvalue weighted by atomic mass is 16.5. The normalized spacial score (nSPS) is 31.6. The van der Waals surface area contributed by atoms with Crippen LogP contribution in [0.5, 0.6) is 0 Å². The molecule has 0 heterocycles. The average molecular weight is 296 g/mol. The van der Waals surface area contributed by atoms with Gasteiger partial charge in [0.1, 0.15) is 0 Å². The van der Waals surface area contributed by atoms with Crippen molar-refractivity contribution in [2.24, 2.45) is 11.3 Å². The summed E-state index contributed by atoms with van der Waals surface area (Å²) in [5.41, 5.74) is 0.484. The molecule has 0 radical (unpaired) electrons. The Hall–Kier alpha value is -0.120. The Morgan fingerprint density at radius 1 is 1.33 bits per heavy atom. The van der Waals surface area contributed by atoms with Crippen molar-refractivity contribution >= 4 is 0 Å². The van der Waals surface area contributed by atoms with Gasteiger partial charge in [0.05, 0.1) is 6.61 Å². The van der Waals surface area contributed by atoms with Crippen molar-refractivity contribution in [1.29, 1.82) is 0 Å². The van der Waals surface area contributed by atoms with E-state index in [4.69, 9.17) is 4.74 Å². The number of ether oxygens (including phenoxy) is 1. The van der Waals surface area contributed by atoms with E-state index in [0.29, 0.717) is 11.5 Å². The average Bonchev–Trinajstić information content (AvgIpc) is 3.27. The zero-order chi connectivity index (χ0) is 15.3. The van der Waals surface area contributed by atoms with Crippen LogP contribution in [0.2, 0.25) is 0 Å². The van der Waals surface area contributed by atoms with Gasteiger partial charge >= 0.3 is 0 Å². The van der Waals surface area contributed by atoms with Crippen molar-refractivity contribution in [2.45, 2.75) is 71.4 Å². The Bertz CT molecular complexity index is 306. The SMILES string of the molecule is CCN(CC1(CNC2CC2)CCCC(C)C1)C(C)COC. The third-order valence-electron chi connectivity index (χ3n) is 5.50. The van der Waals surface area contributed by atoms with Gasteiger partial charge in [-0.25, -0.2) is 0 Å². The van der Waals surface area contributed by atoms with Crippen LogP contribution >= 0.6 is 0 Å². The quantitative estimate of drug-likeness (QED) is 0.706. The Morgan fingerprint density at radius 3 is 2.67 bits per heavy atom. The number of methoxy groups -OCH3 is 1. The van der Waals surface area contributed by atoms with E-state index in [9.17, 15) is 0 Å². The molecule has 124 valence electrons. The van der Waals surface area contributed by atoms with Gasteiger partial charge in [-0.2, -0.15) is 0 Å². The summed E-state index contributed by atoms with van der Waals surface area (Å²) < 4.78 is 5.38. The fraction of sp³-hybridized carbons (Fsp3) is 1.00. The monoisotopic (exact) mass is 296 g/mol. The lowest BCUT2D eigenvalue weighted by Gasteiger charge is -2.45. The van der Waals surface area contributed by atoms with Gasteiger partial charge in [-0.1, -0.05) is 26.7 Å². The van der Waals surface area contributed by atoms with Gasteiger partial charge < -0.3 is 10.1 Å². The molecule has 2 fully saturated rings. The fourth-order valence-corrected chi connectivity index (χ4v) is 4.13. The summed E-state index contributed by atoms with van der Waals surface area (Å²) in [6, 6.07) is 1.35. The first kappa shape index (κ1) is 17.2. The smallest absolute Gasteiger partial charge is 0.0615 e. The van der Waals surface area contributed by atoms with E-state index in [1.165, 1.54) is 51.6 Å². The molecule has 2 saturated carbocycles. The predicted octanol–water partition coefficient (Wildman–Crippen LogP) is 3.29. The standard InChI is InChI=1S/C18H36N2O/c1-5-20(16(3)12-21-4)14-18(13-19-17-8-9-17)10-6-7-15(2)11-18/h15-17,19H,5-14H2,1-4H3. The van der Waals surface area contributed by atoms with Gasteiger partial charge in [-0.05, 0) is 50.5 Å². The van der Waals surface area contributed by atoms with Crippen LogP contribution in [0.1, 0.15) is 59.3 Å². The first-order valence-electron chi connectivity index (χ1n) is 9.05. The third-order valence-corrected chi connectivity index (χ3v) is 5.50. The highest BCUT2D eigenvalue weighted by molar-refractivity contribution is 4.93. The Morgan fingerprint density at radius 2 is 2.10 bits per heavy atom. The number of hydrogen-bond acceptors (Lipinski definition) is 3. The van der Waals surface area contributed by atoms with Crippen molar-refractivity contribution < 1.29 is 4.74 Å². The van der Waals surface area contributed by atoms with Gasteiger partial charge in [-0.3, -0.25) is 4.90 Å². The Kier molecular flexibility index (Phi) is 6.51. The molecule has 3 heteroatoms. The number of nitrogens with one attached hydrogen (secondary N) is 1. The zero-order valence-electron chi connectivity index (χ0n) is 14.7. The lowest BCUT2D eigenvalue weighted by atomic mass is 9.69. The lowest BCUT2D eigenvalue weighted by molar-refractivity contribution is 0.0375. The minimum atomic E-state index is 0.484. The van der Waals surface area contributed by atoms with Crippen LogP contribution in [-0.4, -0.2) is 50.3 Å². The van der Waals surface area contributed by atoms with Crippen molar-refractivity contribution in [3.8, 4) is 0 Å². The van der Waals surface area contributed by atoms with Crippen molar-refractivity contribution in [3.63, 3.8) is 0 Å². The molecule has 0 bridgehead atoms. The second-order valence-electron chi connectivity index (χ2n) is 7.72. The van der Waals surface area contributed by atoms with Crippen LogP contribution in [0.3, 0.4) is 0 Å². The minimum absolute atomic E-state index is 0.484. The summed E-state index contributed by atoms with van der Waals surface area (Å²) in [6.45, 7) is 11.5. The second-order valence-corrected chi connectivity index (χ2v) is 7.72. The molecule has 3 unspecified atom stereocenters. The molecule has 2 aliphatic rings. The summed E-state index contributed by atoms with van der Waals surface area (Å²) in [5.74, 6) is 0.885. The fourth-order valence-electron chi connectivity index (χ4n) is 4.13. The molecule has 0 spiro atoms. The molecule has 0 amide bonds. The molecule has 2 aliphatic carbocycles. The van der Waals surface area contributed by atoms with E-state index in [0.717, 1.165) is 25.1 Å². The molecule has 0 aromatic rings. The molecule has 0 aromatic heterocycles. The van der Waals surface area contributed by atoms with Crippen LogP contribution in [0, 0.1) is 11.3 Å². The zero-order valence-corrected chi connectivity index (χ0v) is 14.7. The summed E-state index contributed by atoms with van der Waals surface area (Å²) in [6.07, 6.45) is 8.40. The molecule has 3 atom stereocenters. The van der Waals surface area contributed by atoms with E-state index < -0.39 is 0 Å². The maximum Gasteiger partial charge on any atom is 0.0615 e. The first-order valence-corrected chi connectivity index (χ1v) is 9.05. The maximum atomic E-state index is 5.38. The van der Waals surface area contributed by atoms with Gasteiger partial charge in [0, 0.05) is 32.3 Å².